The number of rotatable bonds is 5. The standard InChI is InChI=1S/C29H28FN3O2/c1-20-12-13-23(21(2)18-20)28(22-8-4-3-5-9-22)32-14-16-33(17-15-32)29(34)27-19-26(31-35-27)24-10-6-7-11-25(24)30/h3-13,18-19,28H,14-17H2,1-2H3. The SMILES string of the molecule is Cc1ccc(C(c2ccccc2)N2CCN(C(=O)c3cc(-c4ccccc4F)no3)CC2)c(C)c1. The molecule has 1 atom stereocenters. The molecule has 0 N–H and O–H groups in total. The van der Waals surface area contributed by atoms with Crippen LogP contribution in [0.4, 0.5) is 4.39 Å². The van der Waals surface area contributed by atoms with Gasteiger partial charge in [0.15, 0.2) is 0 Å². The van der Waals surface area contributed by atoms with Gasteiger partial charge in [0, 0.05) is 37.8 Å². The average Bonchev–Trinajstić information content (AvgIpc) is 3.36. The number of hydrogen-bond acceptors (Lipinski definition) is 4. The molecule has 5 nitrogen and oxygen atoms in total. The van der Waals surface area contributed by atoms with Gasteiger partial charge in [0.25, 0.3) is 5.91 Å². The molecule has 1 amide bonds. The molecule has 0 saturated carbocycles. The minimum atomic E-state index is -0.397. The van der Waals surface area contributed by atoms with E-state index in [1.165, 1.54) is 34.4 Å². The van der Waals surface area contributed by atoms with Gasteiger partial charge in [0.05, 0.1) is 6.04 Å². The van der Waals surface area contributed by atoms with E-state index in [4.69, 9.17) is 4.52 Å². The fourth-order valence-electron chi connectivity index (χ4n) is 4.87. The Bertz CT molecular complexity index is 1330. The number of amides is 1. The molecule has 0 aliphatic carbocycles. The Balaban J connectivity index is 1.33. The van der Waals surface area contributed by atoms with Crippen LogP contribution in [0, 0.1) is 19.7 Å². The Hall–Kier alpha value is -3.77. The average molecular weight is 470 g/mol. The highest BCUT2D eigenvalue weighted by Crippen LogP contribution is 2.32. The molecule has 3 aromatic carbocycles. The fraction of sp³-hybridized carbons (Fsp3) is 0.241. The Morgan fingerprint density at radius 1 is 0.914 bits per heavy atom. The molecular formula is C29H28FN3O2. The lowest BCUT2D eigenvalue weighted by Crippen LogP contribution is -2.49. The molecule has 4 aromatic rings. The number of nitrogens with zero attached hydrogens (tertiary/aromatic N) is 3. The molecule has 5 rings (SSSR count). The zero-order valence-corrected chi connectivity index (χ0v) is 19.9. The molecule has 1 aromatic heterocycles. The number of halogens is 1. The maximum absolute atomic E-state index is 14.1. The highest BCUT2D eigenvalue weighted by molar-refractivity contribution is 5.92. The summed E-state index contributed by atoms with van der Waals surface area (Å²) in [4.78, 5) is 17.3. The lowest BCUT2D eigenvalue weighted by molar-refractivity contribution is 0.0558. The molecule has 0 bridgehead atoms. The molecule has 1 aliphatic rings. The molecule has 0 spiro atoms. The van der Waals surface area contributed by atoms with Crippen molar-refractivity contribution in [2.75, 3.05) is 26.2 Å². The van der Waals surface area contributed by atoms with Gasteiger partial charge in [0.1, 0.15) is 11.5 Å². The van der Waals surface area contributed by atoms with Crippen LogP contribution in [-0.4, -0.2) is 47.0 Å². The number of hydrogen-bond donors (Lipinski definition) is 0. The molecule has 0 radical (unpaired) electrons. The summed E-state index contributed by atoms with van der Waals surface area (Å²) >= 11 is 0. The van der Waals surface area contributed by atoms with E-state index in [-0.39, 0.29) is 17.7 Å². The van der Waals surface area contributed by atoms with E-state index in [0.717, 1.165) is 13.1 Å². The third kappa shape index (κ3) is 4.75. The van der Waals surface area contributed by atoms with E-state index in [2.05, 4.69) is 66.4 Å². The van der Waals surface area contributed by atoms with Crippen LogP contribution in [0.5, 0.6) is 0 Å². The molecule has 1 saturated heterocycles. The predicted molar refractivity (Wildman–Crippen MR) is 134 cm³/mol. The van der Waals surface area contributed by atoms with Crippen molar-refractivity contribution < 1.29 is 13.7 Å². The number of aromatic nitrogens is 1. The molecule has 1 aliphatic heterocycles. The first-order chi connectivity index (χ1) is 17.0. The van der Waals surface area contributed by atoms with Gasteiger partial charge in [-0.3, -0.25) is 9.69 Å². The minimum absolute atomic E-state index is 0.118. The van der Waals surface area contributed by atoms with E-state index < -0.39 is 5.82 Å². The number of carbonyl (C=O) groups is 1. The van der Waals surface area contributed by atoms with Crippen molar-refractivity contribution >= 4 is 5.91 Å². The smallest absolute Gasteiger partial charge is 0.292 e. The number of piperazine rings is 1. The number of benzene rings is 3. The first-order valence-electron chi connectivity index (χ1n) is 11.9. The maximum atomic E-state index is 14.1. The Morgan fingerprint density at radius 3 is 2.34 bits per heavy atom. The largest absolute Gasteiger partial charge is 0.350 e. The van der Waals surface area contributed by atoms with Crippen molar-refractivity contribution in [1.29, 1.82) is 0 Å². The van der Waals surface area contributed by atoms with Crippen LogP contribution in [0.25, 0.3) is 11.3 Å². The van der Waals surface area contributed by atoms with Crippen molar-refractivity contribution in [3.05, 3.63) is 113 Å². The summed E-state index contributed by atoms with van der Waals surface area (Å²) in [5.41, 5.74) is 5.67. The molecular weight excluding hydrogens is 441 g/mol. The number of carbonyl (C=O) groups excluding carboxylic acids is 1. The van der Waals surface area contributed by atoms with Crippen LogP contribution < -0.4 is 0 Å². The summed E-state index contributed by atoms with van der Waals surface area (Å²) in [6.45, 7) is 6.88. The van der Waals surface area contributed by atoms with Gasteiger partial charge in [-0.05, 0) is 42.7 Å². The molecule has 2 heterocycles. The Kier molecular flexibility index (Phi) is 6.47. The van der Waals surface area contributed by atoms with E-state index in [9.17, 15) is 9.18 Å². The first kappa shape index (κ1) is 23.0. The predicted octanol–water partition coefficient (Wildman–Crippen LogP) is 5.64. The molecule has 1 unspecified atom stereocenters. The van der Waals surface area contributed by atoms with Crippen molar-refractivity contribution in [3.63, 3.8) is 0 Å². The zero-order valence-electron chi connectivity index (χ0n) is 19.9. The minimum Gasteiger partial charge on any atom is -0.350 e. The van der Waals surface area contributed by atoms with Gasteiger partial charge < -0.3 is 9.42 Å². The van der Waals surface area contributed by atoms with Gasteiger partial charge in [-0.25, -0.2) is 4.39 Å². The van der Waals surface area contributed by atoms with Crippen molar-refractivity contribution in [3.8, 4) is 11.3 Å². The van der Waals surface area contributed by atoms with Crippen LogP contribution >= 0.6 is 0 Å². The zero-order chi connectivity index (χ0) is 24.4. The fourth-order valence-corrected chi connectivity index (χ4v) is 4.87. The lowest BCUT2D eigenvalue weighted by atomic mass is 9.92. The maximum Gasteiger partial charge on any atom is 0.292 e. The quantitative estimate of drug-likeness (QED) is 0.379. The van der Waals surface area contributed by atoms with E-state index >= 15 is 0 Å². The normalized spacial score (nSPS) is 15.2. The van der Waals surface area contributed by atoms with Crippen LogP contribution in [0.2, 0.25) is 0 Å². The monoisotopic (exact) mass is 469 g/mol. The summed E-state index contributed by atoms with van der Waals surface area (Å²) in [6.07, 6.45) is 0. The highest BCUT2D eigenvalue weighted by atomic mass is 19.1. The molecule has 6 heteroatoms. The summed E-state index contributed by atoms with van der Waals surface area (Å²) in [5, 5.41) is 3.93. The third-order valence-electron chi connectivity index (χ3n) is 6.67. The van der Waals surface area contributed by atoms with Gasteiger partial charge >= 0.3 is 0 Å². The Labute approximate surface area is 204 Å². The van der Waals surface area contributed by atoms with Crippen LogP contribution in [0.1, 0.15) is 38.9 Å². The molecule has 35 heavy (non-hydrogen) atoms. The van der Waals surface area contributed by atoms with E-state index in [1.54, 1.807) is 23.1 Å². The van der Waals surface area contributed by atoms with Gasteiger partial charge in [0.2, 0.25) is 5.76 Å². The summed E-state index contributed by atoms with van der Waals surface area (Å²) < 4.78 is 19.4. The summed E-state index contributed by atoms with van der Waals surface area (Å²) in [7, 11) is 0. The summed E-state index contributed by atoms with van der Waals surface area (Å²) in [6, 6.07) is 25.1. The van der Waals surface area contributed by atoms with Gasteiger partial charge in [-0.15, -0.1) is 0 Å². The van der Waals surface area contributed by atoms with Gasteiger partial charge in [-0.2, -0.15) is 0 Å². The Morgan fingerprint density at radius 2 is 1.63 bits per heavy atom. The van der Waals surface area contributed by atoms with Crippen LogP contribution in [0.3, 0.4) is 0 Å². The van der Waals surface area contributed by atoms with Crippen LogP contribution in [-0.2, 0) is 0 Å². The van der Waals surface area contributed by atoms with E-state index in [0.29, 0.717) is 24.3 Å². The molecule has 178 valence electrons. The van der Waals surface area contributed by atoms with Crippen molar-refractivity contribution in [1.82, 2.24) is 15.0 Å². The topological polar surface area (TPSA) is 49.6 Å². The van der Waals surface area contributed by atoms with Gasteiger partial charge in [-0.1, -0.05) is 71.4 Å². The van der Waals surface area contributed by atoms with Crippen LogP contribution in [0.15, 0.2) is 83.4 Å². The third-order valence-corrected chi connectivity index (χ3v) is 6.67. The second-order valence-corrected chi connectivity index (χ2v) is 9.06. The second kappa shape index (κ2) is 9.84. The van der Waals surface area contributed by atoms with Crippen molar-refractivity contribution in [2.45, 2.75) is 19.9 Å². The first-order valence-corrected chi connectivity index (χ1v) is 11.9. The van der Waals surface area contributed by atoms with Crippen molar-refractivity contribution in [2.24, 2.45) is 0 Å². The lowest BCUT2D eigenvalue weighted by Gasteiger charge is -2.40. The highest BCUT2D eigenvalue weighted by Gasteiger charge is 2.30. The van der Waals surface area contributed by atoms with E-state index in [1.807, 2.05) is 6.07 Å². The summed E-state index contributed by atoms with van der Waals surface area (Å²) in [5.74, 6) is -0.486. The second-order valence-electron chi connectivity index (χ2n) is 9.06. The molecule has 1 fully saturated rings. The number of aryl methyl sites for hydroxylation is 2.